The topological polar surface area (TPSA) is 66.9 Å². The van der Waals surface area contributed by atoms with Gasteiger partial charge in [-0.05, 0) is 30.7 Å². The van der Waals surface area contributed by atoms with Crippen LogP contribution >= 0.6 is 11.3 Å². The summed E-state index contributed by atoms with van der Waals surface area (Å²) < 4.78 is 0. The zero-order valence-corrected chi connectivity index (χ0v) is 13.2. The molecule has 1 atom stereocenters. The highest BCUT2D eigenvalue weighted by atomic mass is 32.1. The number of nitrogens with zero attached hydrogens (tertiary/aromatic N) is 2. The number of amides is 1. The van der Waals surface area contributed by atoms with Crippen LogP contribution in [0.5, 0.6) is 0 Å². The first-order chi connectivity index (χ1) is 10.1. The van der Waals surface area contributed by atoms with E-state index >= 15 is 0 Å². The quantitative estimate of drug-likeness (QED) is 0.851. The van der Waals surface area contributed by atoms with E-state index < -0.39 is 0 Å². The zero-order valence-electron chi connectivity index (χ0n) is 12.4. The van der Waals surface area contributed by atoms with Crippen molar-refractivity contribution < 1.29 is 4.79 Å². The Labute approximate surface area is 128 Å². The molecule has 21 heavy (non-hydrogen) atoms. The second-order valence-corrected chi connectivity index (χ2v) is 6.75. The second-order valence-electron chi connectivity index (χ2n) is 5.66. The Hall–Kier alpha value is -1.69. The minimum atomic E-state index is -0.00784. The number of carbonyl (C=O) groups excluding carboxylic acids is 1. The van der Waals surface area contributed by atoms with Gasteiger partial charge in [0.05, 0.1) is 5.39 Å². The Morgan fingerprint density at radius 2 is 2.29 bits per heavy atom. The van der Waals surface area contributed by atoms with Crippen molar-refractivity contribution in [2.45, 2.75) is 33.1 Å². The van der Waals surface area contributed by atoms with Crippen LogP contribution in [0.4, 0.5) is 5.82 Å². The summed E-state index contributed by atoms with van der Waals surface area (Å²) in [5, 5.41) is 7.30. The summed E-state index contributed by atoms with van der Waals surface area (Å²) in [6.45, 7) is 5.11. The smallest absolute Gasteiger partial charge is 0.216 e. The molecule has 2 aromatic rings. The summed E-state index contributed by atoms with van der Waals surface area (Å²) in [6.07, 6.45) is 5.12. The van der Waals surface area contributed by atoms with Crippen LogP contribution in [0.3, 0.4) is 0 Å². The normalized spacial score (nSPS) is 17.5. The fourth-order valence-electron chi connectivity index (χ4n) is 2.83. The maximum atomic E-state index is 10.9. The molecular weight excluding hydrogens is 284 g/mol. The third kappa shape index (κ3) is 3.00. The van der Waals surface area contributed by atoms with Crippen LogP contribution in [0.1, 0.15) is 30.7 Å². The molecule has 0 aliphatic heterocycles. The van der Waals surface area contributed by atoms with E-state index in [4.69, 9.17) is 0 Å². The molecule has 2 heterocycles. The summed E-state index contributed by atoms with van der Waals surface area (Å²) in [6, 6.07) is 0. The number of nitrogens with one attached hydrogen (secondary N) is 2. The highest BCUT2D eigenvalue weighted by Crippen LogP contribution is 2.39. The van der Waals surface area contributed by atoms with Crippen LogP contribution in [0, 0.1) is 5.92 Å². The Balaban J connectivity index is 1.84. The molecule has 0 aromatic carbocycles. The van der Waals surface area contributed by atoms with E-state index in [9.17, 15) is 4.79 Å². The molecule has 0 fully saturated rings. The molecule has 2 N–H and O–H groups in total. The van der Waals surface area contributed by atoms with Gasteiger partial charge in [0.1, 0.15) is 17.0 Å². The lowest BCUT2D eigenvalue weighted by Gasteiger charge is -2.18. The lowest BCUT2D eigenvalue weighted by molar-refractivity contribution is -0.118. The predicted octanol–water partition coefficient (Wildman–Crippen LogP) is 2.36. The fraction of sp³-hybridized carbons (Fsp3) is 0.533. The molecule has 0 radical (unpaired) electrons. The van der Waals surface area contributed by atoms with E-state index in [1.54, 1.807) is 17.7 Å². The van der Waals surface area contributed by atoms with Crippen LogP contribution in [-0.2, 0) is 17.6 Å². The van der Waals surface area contributed by atoms with Gasteiger partial charge in [-0.25, -0.2) is 9.97 Å². The number of hydrogen-bond acceptors (Lipinski definition) is 5. The van der Waals surface area contributed by atoms with Gasteiger partial charge in [-0.1, -0.05) is 6.92 Å². The van der Waals surface area contributed by atoms with Crippen molar-refractivity contribution in [3.8, 4) is 0 Å². The van der Waals surface area contributed by atoms with Gasteiger partial charge in [-0.2, -0.15) is 0 Å². The van der Waals surface area contributed by atoms with Crippen LogP contribution in [0.25, 0.3) is 10.2 Å². The molecule has 5 nitrogen and oxygen atoms in total. The fourth-order valence-corrected chi connectivity index (χ4v) is 4.18. The number of carbonyl (C=O) groups is 1. The third-order valence-corrected chi connectivity index (χ3v) is 5.05. The highest BCUT2D eigenvalue weighted by Gasteiger charge is 2.22. The van der Waals surface area contributed by atoms with E-state index in [0.717, 1.165) is 29.4 Å². The van der Waals surface area contributed by atoms with Crippen molar-refractivity contribution in [2.75, 3.05) is 18.4 Å². The molecule has 112 valence electrons. The highest BCUT2D eigenvalue weighted by molar-refractivity contribution is 7.19. The first-order valence-electron chi connectivity index (χ1n) is 7.38. The standard InChI is InChI=1S/C15H20N4OS/c1-9-3-4-11-12(7-9)21-15-13(11)14(18-8-19-15)17-6-5-16-10(2)20/h8-9H,3-7H2,1-2H3,(H,16,20)(H,17,18,19). The Morgan fingerprint density at radius 3 is 3.10 bits per heavy atom. The van der Waals surface area contributed by atoms with Gasteiger partial charge in [0.2, 0.25) is 5.91 Å². The van der Waals surface area contributed by atoms with Crippen molar-refractivity contribution in [1.29, 1.82) is 0 Å². The summed E-state index contributed by atoms with van der Waals surface area (Å²) in [4.78, 5) is 22.2. The van der Waals surface area contributed by atoms with Crippen molar-refractivity contribution in [3.63, 3.8) is 0 Å². The zero-order chi connectivity index (χ0) is 14.8. The molecule has 1 unspecified atom stereocenters. The maximum Gasteiger partial charge on any atom is 0.216 e. The summed E-state index contributed by atoms with van der Waals surface area (Å²) in [5.74, 6) is 1.65. The Bertz CT molecular complexity index is 667. The predicted molar refractivity (Wildman–Crippen MR) is 85.8 cm³/mol. The molecule has 0 spiro atoms. The van der Waals surface area contributed by atoms with Gasteiger partial charge in [0.25, 0.3) is 0 Å². The monoisotopic (exact) mass is 304 g/mol. The number of hydrogen-bond donors (Lipinski definition) is 2. The number of thiophene rings is 1. The first kappa shape index (κ1) is 14.3. The number of fused-ring (bicyclic) bond motifs is 3. The van der Waals surface area contributed by atoms with Crippen LogP contribution in [0.2, 0.25) is 0 Å². The molecule has 2 aromatic heterocycles. The van der Waals surface area contributed by atoms with Crippen molar-refractivity contribution in [2.24, 2.45) is 5.92 Å². The largest absolute Gasteiger partial charge is 0.368 e. The number of rotatable bonds is 4. The molecule has 0 saturated carbocycles. The SMILES string of the molecule is CC(=O)NCCNc1ncnc2sc3c(c12)CCC(C)C3. The lowest BCUT2D eigenvalue weighted by Crippen LogP contribution is -2.26. The van der Waals surface area contributed by atoms with Gasteiger partial charge < -0.3 is 10.6 Å². The van der Waals surface area contributed by atoms with Crippen LogP contribution in [0.15, 0.2) is 6.33 Å². The van der Waals surface area contributed by atoms with E-state index in [1.165, 1.54) is 29.2 Å². The Kier molecular flexibility index (Phi) is 4.05. The lowest BCUT2D eigenvalue weighted by atomic mass is 9.89. The maximum absolute atomic E-state index is 10.9. The van der Waals surface area contributed by atoms with Gasteiger partial charge in [-0.15, -0.1) is 11.3 Å². The molecule has 0 saturated heterocycles. The van der Waals surface area contributed by atoms with Crippen LogP contribution in [-0.4, -0.2) is 29.0 Å². The summed E-state index contributed by atoms with van der Waals surface area (Å²) >= 11 is 1.80. The molecule has 1 aliphatic rings. The molecule has 6 heteroatoms. The van der Waals surface area contributed by atoms with Crippen molar-refractivity contribution >= 4 is 33.3 Å². The Morgan fingerprint density at radius 1 is 1.43 bits per heavy atom. The van der Waals surface area contributed by atoms with Gasteiger partial charge in [0.15, 0.2) is 0 Å². The average molecular weight is 304 g/mol. The third-order valence-electron chi connectivity index (χ3n) is 3.88. The van der Waals surface area contributed by atoms with E-state index in [1.807, 2.05) is 0 Å². The molecule has 3 rings (SSSR count). The second kappa shape index (κ2) is 5.97. The molecule has 1 amide bonds. The minimum absolute atomic E-state index is 0.00784. The summed E-state index contributed by atoms with van der Waals surface area (Å²) in [7, 11) is 0. The van der Waals surface area contributed by atoms with Gasteiger partial charge >= 0.3 is 0 Å². The minimum Gasteiger partial charge on any atom is -0.368 e. The average Bonchev–Trinajstić information content (AvgIpc) is 2.81. The first-order valence-corrected chi connectivity index (χ1v) is 8.20. The van der Waals surface area contributed by atoms with E-state index in [2.05, 4.69) is 27.5 Å². The summed E-state index contributed by atoms with van der Waals surface area (Å²) in [5.41, 5.74) is 1.43. The number of anilines is 1. The van der Waals surface area contributed by atoms with Crippen molar-refractivity contribution in [1.82, 2.24) is 15.3 Å². The van der Waals surface area contributed by atoms with Crippen molar-refractivity contribution in [3.05, 3.63) is 16.8 Å². The molecular formula is C15H20N4OS. The molecule has 0 bridgehead atoms. The number of aryl methyl sites for hydroxylation is 1. The number of aromatic nitrogens is 2. The van der Waals surface area contributed by atoms with E-state index in [0.29, 0.717) is 13.1 Å². The van der Waals surface area contributed by atoms with Gasteiger partial charge in [0, 0.05) is 24.9 Å². The van der Waals surface area contributed by atoms with Crippen LogP contribution < -0.4 is 10.6 Å². The molecule has 1 aliphatic carbocycles. The van der Waals surface area contributed by atoms with Gasteiger partial charge in [-0.3, -0.25) is 4.79 Å². The van der Waals surface area contributed by atoms with E-state index in [-0.39, 0.29) is 5.91 Å².